The van der Waals surface area contributed by atoms with Gasteiger partial charge in [-0.05, 0) is 30.3 Å². The Balaban J connectivity index is 1.61. The van der Waals surface area contributed by atoms with Gasteiger partial charge < -0.3 is 9.30 Å². The van der Waals surface area contributed by atoms with Gasteiger partial charge in [0, 0.05) is 18.3 Å². The average molecular weight is 341 g/mol. The maximum atomic E-state index is 11.8. The third-order valence-corrected chi connectivity index (χ3v) is 5.03. The maximum absolute atomic E-state index is 11.8. The minimum absolute atomic E-state index is 0.0887. The first kappa shape index (κ1) is 14.8. The zero-order valence-electron chi connectivity index (χ0n) is 12.7. The van der Waals surface area contributed by atoms with Crippen LogP contribution in [0, 0.1) is 0 Å². The number of nitrogens with one attached hydrogen (secondary N) is 1. The first-order chi connectivity index (χ1) is 11.6. The van der Waals surface area contributed by atoms with E-state index in [9.17, 15) is 8.42 Å². The molecule has 0 unspecified atom stereocenters. The molecule has 0 spiro atoms. The molecule has 1 aliphatic rings. The fourth-order valence-corrected chi connectivity index (χ4v) is 3.68. The number of nitrogens with zero attached hydrogens (tertiary/aromatic N) is 2. The molecule has 4 rings (SSSR count). The van der Waals surface area contributed by atoms with Gasteiger partial charge in [-0.25, -0.2) is 8.42 Å². The summed E-state index contributed by atoms with van der Waals surface area (Å²) in [6, 6.07) is 15.0. The second-order valence-electron chi connectivity index (χ2n) is 5.49. The highest BCUT2D eigenvalue weighted by Gasteiger charge is 2.23. The zero-order valence-corrected chi connectivity index (χ0v) is 13.5. The number of aromatic nitrogens is 2. The van der Waals surface area contributed by atoms with E-state index in [0.29, 0.717) is 23.8 Å². The molecular formula is C17H15N3O3S. The Morgan fingerprint density at radius 1 is 1.04 bits per heavy atom. The third kappa shape index (κ3) is 2.85. The molecule has 0 fully saturated rings. The van der Waals surface area contributed by atoms with Crippen LogP contribution in [0.5, 0.6) is 11.5 Å². The molecule has 1 aliphatic heterocycles. The summed E-state index contributed by atoms with van der Waals surface area (Å²) in [7, 11) is -3.27. The molecule has 0 radical (unpaired) electrons. The topological polar surface area (TPSA) is 73.2 Å². The highest BCUT2D eigenvalue weighted by molar-refractivity contribution is 7.92. The second-order valence-corrected chi connectivity index (χ2v) is 7.33. The van der Waals surface area contributed by atoms with Crippen molar-refractivity contribution in [3.63, 3.8) is 0 Å². The lowest BCUT2D eigenvalue weighted by molar-refractivity contribution is 0.480. The van der Waals surface area contributed by atoms with Gasteiger partial charge >= 0.3 is 0 Å². The molecule has 3 heterocycles. The van der Waals surface area contributed by atoms with Crippen molar-refractivity contribution in [1.82, 2.24) is 9.55 Å². The van der Waals surface area contributed by atoms with Crippen LogP contribution in [0.1, 0.15) is 0 Å². The van der Waals surface area contributed by atoms with Crippen molar-refractivity contribution >= 4 is 15.8 Å². The van der Waals surface area contributed by atoms with Crippen LogP contribution >= 0.6 is 0 Å². The number of hydrogen-bond acceptors (Lipinski definition) is 4. The van der Waals surface area contributed by atoms with Crippen LogP contribution in [0.15, 0.2) is 60.9 Å². The Morgan fingerprint density at radius 3 is 2.62 bits per heavy atom. The van der Waals surface area contributed by atoms with Gasteiger partial charge in [-0.1, -0.05) is 18.2 Å². The molecule has 0 aliphatic carbocycles. The van der Waals surface area contributed by atoms with E-state index in [1.165, 1.54) is 0 Å². The van der Waals surface area contributed by atoms with Crippen LogP contribution in [0.4, 0.5) is 5.82 Å². The van der Waals surface area contributed by atoms with Gasteiger partial charge in [0.15, 0.2) is 0 Å². The minimum atomic E-state index is -3.27. The highest BCUT2D eigenvalue weighted by atomic mass is 32.2. The third-order valence-electron chi connectivity index (χ3n) is 3.81. The number of para-hydroxylation sites is 1. The van der Waals surface area contributed by atoms with Crippen molar-refractivity contribution in [3.8, 4) is 22.8 Å². The van der Waals surface area contributed by atoms with Crippen LogP contribution in [-0.2, 0) is 16.6 Å². The monoisotopic (exact) mass is 341 g/mol. The van der Waals surface area contributed by atoms with Gasteiger partial charge in [0.2, 0.25) is 10.0 Å². The van der Waals surface area contributed by atoms with E-state index in [2.05, 4.69) is 9.71 Å². The number of anilines is 1. The summed E-state index contributed by atoms with van der Waals surface area (Å²) in [5, 5.41) is 0. The van der Waals surface area contributed by atoms with E-state index in [1.807, 2.05) is 59.3 Å². The van der Waals surface area contributed by atoms with E-state index < -0.39 is 10.0 Å². The van der Waals surface area contributed by atoms with Gasteiger partial charge in [-0.3, -0.25) is 9.71 Å². The van der Waals surface area contributed by atoms with Crippen molar-refractivity contribution in [3.05, 3.63) is 60.9 Å². The van der Waals surface area contributed by atoms with Crippen molar-refractivity contribution in [2.75, 3.05) is 10.5 Å². The van der Waals surface area contributed by atoms with Crippen LogP contribution in [0.3, 0.4) is 0 Å². The Hall–Kier alpha value is -2.80. The van der Waals surface area contributed by atoms with Crippen molar-refractivity contribution in [2.24, 2.45) is 0 Å². The van der Waals surface area contributed by atoms with Gasteiger partial charge in [0.1, 0.15) is 17.3 Å². The summed E-state index contributed by atoms with van der Waals surface area (Å²) >= 11 is 0. The molecule has 1 aromatic carbocycles. The summed E-state index contributed by atoms with van der Waals surface area (Å²) in [5.41, 5.74) is 1.44. The average Bonchev–Trinajstić information content (AvgIpc) is 2.98. The number of pyridine rings is 1. The quantitative estimate of drug-likeness (QED) is 0.794. The van der Waals surface area contributed by atoms with Gasteiger partial charge in [0.05, 0.1) is 17.6 Å². The predicted molar refractivity (Wildman–Crippen MR) is 91.6 cm³/mol. The zero-order chi connectivity index (χ0) is 16.6. The molecule has 0 atom stereocenters. The number of hydrogen-bond donors (Lipinski definition) is 1. The number of ether oxygens (including phenoxy) is 1. The standard InChI is InChI=1S/C17H15N3O3S/c21-24(22)11-10-20-9-8-15(17(20)19-24)16-7-6-14(12-18-16)23-13-4-2-1-3-5-13/h1-9,12,19H,10-11H2. The molecule has 0 saturated heterocycles. The molecule has 0 amide bonds. The van der Waals surface area contributed by atoms with Crippen molar-refractivity contribution in [2.45, 2.75) is 6.54 Å². The lowest BCUT2D eigenvalue weighted by Crippen LogP contribution is -2.27. The SMILES string of the molecule is O=S1(=O)CCn2ccc(-c3ccc(Oc4ccccc4)cn3)c2N1. The molecule has 1 N–H and O–H groups in total. The minimum Gasteiger partial charge on any atom is -0.456 e. The summed E-state index contributed by atoms with van der Waals surface area (Å²) in [6.45, 7) is 0.444. The molecule has 2 aromatic heterocycles. The number of benzene rings is 1. The van der Waals surface area contributed by atoms with Gasteiger partial charge in [-0.2, -0.15) is 0 Å². The largest absolute Gasteiger partial charge is 0.456 e. The fourth-order valence-electron chi connectivity index (χ4n) is 2.62. The Kier molecular flexibility index (Phi) is 3.50. The summed E-state index contributed by atoms with van der Waals surface area (Å²) in [5.74, 6) is 2.01. The number of aryl methyl sites for hydroxylation is 1. The summed E-state index contributed by atoms with van der Waals surface area (Å²) in [4.78, 5) is 4.40. The van der Waals surface area contributed by atoms with Gasteiger partial charge in [0.25, 0.3) is 0 Å². The Labute approximate surface area is 139 Å². The Bertz CT molecular complexity index is 964. The van der Waals surface area contributed by atoms with Crippen molar-refractivity contribution in [1.29, 1.82) is 0 Å². The first-order valence-corrected chi connectivity index (χ1v) is 9.15. The number of sulfonamides is 1. The molecular weight excluding hydrogens is 326 g/mol. The molecule has 3 aromatic rings. The number of rotatable bonds is 3. The smallest absolute Gasteiger partial charge is 0.235 e. The molecule has 0 saturated carbocycles. The molecule has 0 bridgehead atoms. The Morgan fingerprint density at radius 2 is 1.88 bits per heavy atom. The predicted octanol–water partition coefficient (Wildman–Crippen LogP) is 3.10. The normalized spacial score (nSPS) is 15.3. The maximum Gasteiger partial charge on any atom is 0.235 e. The highest BCUT2D eigenvalue weighted by Crippen LogP contribution is 2.32. The van der Waals surface area contributed by atoms with Crippen LogP contribution in [0.25, 0.3) is 11.3 Å². The van der Waals surface area contributed by atoms with Crippen LogP contribution in [0.2, 0.25) is 0 Å². The van der Waals surface area contributed by atoms with Crippen molar-refractivity contribution < 1.29 is 13.2 Å². The van der Waals surface area contributed by atoms with E-state index >= 15 is 0 Å². The second kappa shape index (κ2) is 5.68. The van der Waals surface area contributed by atoms with Crippen LogP contribution < -0.4 is 9.46 Å². The van der Waals surface area contributed by atoms with Crippen LogP contribution in [-0.4, -0.2) is 23.7 Å². The lowest BCUT2D eigenvalue weighted by atomic mass is 10.2. The summed E-state index contributed by atoms with van der Waals surface area (Å²) < 4.78 is 33.8. The van der Waals surface area contributed by atoms with E-state index in [0.717, 1.165) is 11.3 Å². The first-order valence-electron chi connectivity index (χ1n) is 7.50. The lowest BCUT2D eigenvalue weighted by Gasteiger charge is -2.19. The summed E-state index contributed by atoms with van der Waals surface area (Å²) in [6.07, 6.45) is 3.49. The number of fused-ring (bicyclic) bond motifs is 1. The van der Waals surface area contributed by atoms with E-state index in [-0.39, 0.29) is 5.75 Å². The van der Waals surface area contributed by atoms with Gasteiger partial charge in [-0.15, -0.1) is 0 Å². The fraction of sp³-hybridized carbons (Fsp3) is 0.118. The van der Waals surface area contributed by atoms with E-state index in [4.69, 9.17) is 4.74 Å². The molecule has 6 nitrogen and oxygen atoms in total. The molecule has 7 heteroatoms. The molecule has 24 heavy (non-hydrogen) atoms. The molecule has 122 valence electrons. The van der Waals surface area contributed by atoms with E-state index in [1.54, 1.807) is 6.20 Å².